The average Bonchev–Trinajstić information content (AvgIpc) is 2.25. The van der Waals surface area contributed by atoms with Crippen molar-refractivity contribution in [3.8, 4) is 0 Å². The molecule has 1 aliphatic rings. The van der Waals surface area contributed by atoms with Crippen molar-refractivity contribution in [3.63, 3.8) is 0 Å². The van der Waals surface area contributed by atoms with Gasteiger partial charge in [0.25, 0.3) is 0 Å². The van der Waals surface area contributed by atoms with Crippen LogP contribution in [0.25, 0.3) is 0 Å². The van der Waals surface area contributed by atoms with Crippen molar-refractivity contribution in [1.82, 2.24) is 10.2 Å². The standard InChI is InChI=1S/C12H23ClN2O2/c1-5-10-7-14-9(6-13)8-15(10)11(16)17-12(2,3)4/h9-10,14H,5-8H2,1-4H3. The minimum atomic E-state index is -0.448. The van der Waals surface area contributed by atoms with Crippen LogP contribution in [0.15, 0.2) is 0 Å². The van der Waals surface area contributed by atoms with Gasteiger partial charge in [-0.1, -0.05) is 6.92 Å². The Labute approximate surface area is 109 Å². The number of hydrogen-bond donors (Lipinski definition) is 1. The highest BCUT2D eigenvalue weighted by atomic mass is 35.5. The molecule has 1 rings (SSSR count). The van der Waals surface area contributed by atoms with Gasteiger partial charge >= 0.3 is 6.09 Å². The van der Waals surface area contributed by atoms with Crippen LogP contribution in [0, 0.1) is 0 Å². The number of ether oxygens (including phenoxy) is 1. The van der Waals surface area contributed by atoms with Crippen molar-refractivity contribution in [2.45, 2.75) is 51.8 Å². The molecule has 0 spiro atoms. The molecule has 2 atom stereocenters. The summed E-state index contributed by atoms with van der Waals surface area (Å²) >= 11 is 5.83. The minimum absolute atomic E-state index is 0.159. The molecule has 0 aliphatic carbocycles. The minimum Gasteiger partial charge on any atom is -0.444 e. The van der Waals surface area contributed by atoms with Gasteiger partial charge in [-0.25, -0.2) is 4.79 Å². The molecule has 4 nitrogen and oxygen atoms in total. The first kappa shape index (κ1) is 14.6. The van der Waals surface area contributed by atoms with E-state index < -0.39 is 5.60 Å². The molecule has 0 aromatic carbocycles. The third-order valence-corrected chi connectivity index (χ3v) is 3.16. The van der Waals surface area contributed by atoms with Crippen LogP contribution in [0.4, 0.5) is 4.79 Å². The number of nitrogens with one attached hydrogen (secondary N) is 1. The summed E-state index contributed by atoms with van der Waals surface area (Å²) in [5.41, 5.74) is -0.448. The maximum absolute atomic E-state index is 12.1. The zero-order chi connectivity index (χ0) is 13.1. The summed E-state index contributed by atoms with van der Waals surface area (Å²) in [5, 5.41) is 3.34. The number of piperazine rings is 1. The lowest BCUT2D eigenvalue weighted by atomic mass is 10.1. The van der Waals surface area contributed by atoms with Crippen LogP contribution in [0.3, 0.4) is 0 Å². The summed E-state index contributed by atoms with van der Waals surface area (Å²) in [4.78, 5) is 13.9. The molecule has 1 fully saturated rings. The highest BCUT2D eigenvalue weighted by Crippen LogP contribution is 2.16. The second kappa shape index (κ2) is 5.91. The number of alkyl halides is 1. The number of carbonyl (C=O) groups excluding carboxylic acids is 1. The average molecular weight is 263 g/mol. The Morgan fingerprint density at radius 1 is 1.53 bits per heavy atom. The highest BCUT2D eigenvalue weighted by molar-refractivity contribution is 6.18. The number of amides is 1. The molecular formula is C12H23ClN2O2. The summed E-state index contributed by atoms with van der Waals surface area (Å²) in [6.07, 6.45) is 0.683. The summed E-state index contributed by atoms with van der Waals surface area (Å²) in [6, 6.07) is 0.358. The van der Waals surface area contributed by atoms with Crippen LogP contribution in [0.2, 0.25) is 0 Å². The van der Waals surface area contributed by atoms with Gasteiger partial charge in [0.1, 0.15) is 5.60 Å². The maximum atomic E-state index is 12.1. The van der Waals surface area contributed by atoms with Gasteiger partial charge < -0.3 is 15.0 Å². The topological polar surface area (TPSA) is 41.6 Å². The molecule has 0 aromatic heterocycles. The van der Waals surface area contributed by atoms with Crippen LogP contribution in [-0.4, -0.2) is 47.6 Å². The lowest BCUT2D eigenvalue weighted by Gasteiger charge is -2.40. The van der Waals surface area contributed by atoms with Gasteiger partial charge in [-0.05, 0) is 27.2 Å². The Bertz CT molecular complexity index is 266. The number of nitrogens with zero attached hydrogens (tertiary/aromatic N) is 1. The van der Waals surface area contributed by atoms with Gasteiger partial charge in [-0.3, -0.25) is 0 Å². The summed E-state index contributed by atoms with van der Waals surface area (Å²) in [5.74, 6) is 0.510. The van der Waals surface area contributed by atoms with E-state index in [9.17, 15) is 4.79 Å². The number of carbonyl (C=O) groups is 1. The molecule has 2 unspecified atom stereocenters. The molecule has 100 valence electrons. The van der Waals surface area contributed by atoms with Crippen molar-refractivity contribution in [2.24, 2.45) is 0 Å². The molecule has 5 heteroatoms. The lowest BCUT2D eigenvalue weighted by Crippen LogP contribution is -2.59. The van der Waals surface area contributed by atoms with Gasteiger partial charge in [0, 0.05) is 31.1 Å². The van der Waals surface area contributed by atoms with E-state index in [0.29, 0.717) is 12.4 Å². The van der Waals surface area contributed by atoms with Crippen molar-refractivity contribution in [1.29, 1.82) is 0 Å². The smallest absolute Gasteiger partial charge is 0.410 e. The molecule has 0 bridgehead atoms. The highest BCUT2D eigenvalue weighted by Gasteiger charge is 2.32. The van der Waals surface area contributed by atoms with E-state index in [1.165, 1.54) is 0 Å². The van der Waals surface area contributed by atoms with Gasteiger partial charge in [-0.2, -0.15) is 0 Å². The molecule has 17 heavy (non-hydrogen) atoms. The van der Waals surface area contributed by atoms with Gasteiger partial charge in [0.15, 0.2) is 0 Å². The Kier molecular flexibility index (Phi) is 5.07. The SMILES string of the molecule is CCC1CNC(CCl)CN1C(=O)OC(C)(C)C. The van der Waals surface area contributed by atoms with E-state index in [2.05, 4.69) is 12.2 Å². The first-order valence-corrected chi connectivity index (χ1v) is 6.69. The van der Waals surface area contributed by atoms with Crippen LogP contribution < -0.4 is 5.32 Å². The van der Waals surface area contributed by atoms with Crippen molar-refractivity contribution in [2.75, 3.05) is 19.0 Å². The summed E-state index contributed by atoms with van der Waals surface area (Å²) < 4.78 is 5.42. The van der Waals surface area contributed by atoms with E-state index in [0.717, 1.165) is 13.0 Å². The predicted octanol–water partition coefficient (Wildman–Crippen LogP) is 2.21. The first-order valence-electron chi connectivity index (χ1n) is 6.16. The first-order chi connectivity index (χ1) is 7.87. The number of hydrogen-bond acceptors (Lipinski definition) is 3. The van der Waals surface area contributed by atoms with E-state index >= 15 is 0 Å². The number of rotatable bonds is 2. The maximum Gasteiger partial charge on any atom is 0.410 e. The second-order valence-corrected chi connectivity index (χ2v) is 5.76. The van der Waals surface area contributed by atoms with E-state index in [1.54, 1.807) is 4.90 Å². The Morgan fingerprint density at radius 3 is 2.65 bits per heavy atom. The van der Waals surface area contributed by atoms with Crippen LogP contribution in [0.1, 0.15) is 34.1 Å². The van der Waals surface area contributed by atoms with Crippen molar-refractivity contribution < 1.29 is 9.53 Å². The Balaban J connectivity index is 2.66. The molecular weight excluding hydrogens is 240 g/mol. The lowest BCUT2D eigenvalue weighted by molar-refractivity contribution is 0.00797. The second-order valence-electron chi connectivity index (χ2n) is 5.45. The fourth-order valence-electron chi connectivity index (χ4n) is 1.88. The van der Waals surface area contributed by atoms with Gasteiger partial charge in [-0.15, -0.1) is 11.6 Å². The van der Waals surface area contributed by atoms with E-state index in [-0.39, 0.29) is 18.2 Å². The molecule has 1 amide bonds. The van der Waals surface area contributed by atoms with E-state index in [1.807, 2.05) is 20.8 Å². The summed E-state index contributed by atoms with van der Waals surface area (Å²) in [6.45, 7) is 9.13. The van der Waals surface area contributed by atoms with Crippen molar-refractivity contribution >= 4 is 17.7 Å². The van der Waals surface area contributed by atoms with Crippen LogP contribution in [0.5, 0.6) is 0 Å². The quantitative estimate of drug-likeness (QED) is 0.776. The molecule has 1 heterocycles. The monoisotopic (exact) mass is 262 g/mol. The summed E-state index contributed by atoms with van der Waals surface area (Å²) in [7, 11) is 0. The molecule has 0 saturated carbocycles. The molecule has 1 aliphatic heterocycles. The fourth-order valence-corrected chi connectivity index (χ4v) is 2.08. The number of halogens is 1. The van der Waals surface area contributed by atoms with E-state index in [4.69, 9.17) is 16.3 Å². The zero-order valence-electron chi connectivity index (χ0n) is 11.1. The van der Waals surface area contributed by atoms with Gasteiger partial charge in [0.2, 0.25) is 0 Å². The Hall–Kier alpha value is -0.480. The van der Waals surface area contributed by atoms with Crippen LogP contribution >= 0.6 is 11.6 Å². The van der Waals surface area contributed by atoms with Crippen LogP contribution in [-0.2, 0) is 4.74 Å². The predicted molar refractivity (Wildman–Crippen MR) is 69.5 cm³/mol. The van der Waals surface area contributed by atoms with Crippen molar-refractivity contribution in [3.05, 3.63) is 0 Å². The van der Waals surface area contributed by atoms with Gasteiger partial charge in [0.05, 0.1) is 0 Å². The largest absolute Gasteiger partial charge is 0.444 e. The third kappa shape index (κ3) is 4.36. The Morgan fingerprint density at radius 2 is 2.18 bits per heavy atom. The molecule has 0 radical (unpaired) electrons. The fraction of sp³-hybridized carbons (Fsp3) is 0.917. The normalized spacial score (nSPS) is 25.8. The molecule has 0 aromatic rings. The molecule has 1 N–H and O–H groups in total. The molecule has 1 saturated heterocycles. The zero-order valence-corrected chi connectivity index (χ0v) is 11.9. The third-order valence-electron chi connectivity index (χ3n) is 2.79.